The molecule has 15 heavy (non-hydrogen) atoms. The van der Waals surface area contributed by atoms with Crippen LogP contribution in [0.15, 0.2) is 47.8 Å². The van der Waals surface area contributed by atoms with Crippen molar-refractivity contribution in [1.82, 2.24) is 0 Å². The van der Waals surface area contributed by atoms with Crippen LogP contribution in [-0.2, 0) is 4.74 Å². The van der Waals surface area contributed by atoms with Crippen LogP contribution in [0.4, 0.5) is 0 Å². The van der Waals surface area contributed by atoms with E-state index in [1.54, 1.807) is 0 Å². The van der Waals surface area contributed by atoms with Crippen LogP contribution in [0, 0.1) is 0 Å². The molecule has 2 rings (SSSR count). The van der Waals surface area contributed by atoms with E-state index in [9.17, 15) is 0 Å². The number of rotatable bonds is 3. The third-order valence-electron chi connectivity index (χ3n) is 2.75. The van der Waals surface area contributed by atoms with Crippen molar-refractivity contribution in [2.45, 2.75) is 32.1 Å². The van der Waals surface area contributed by atoms with Gasteiger partial charge in [-0.3, -0.25) is 0 Å². The van der Waals surface area contributed by atoms with Crippen molar-refractivity contribution in [3.63, 3.8) is 0 Å². The topological polar surface area (TPSA) is 9.23 Å². The molecule has 0 aromatic heterocycles. The van der Waals surface area contributed by atoms with Crippen molar-refractivity contribution in [3.8, 4) is 0 Å². The molecular formula is C14H18O. The molecule has 0 aromatic rings. The van der Waals surface area contributed by atoms with Crippen LogP contribution in [0.25, 0.3) is 0 Å². The molecule has 1 nitrogen and oxygen atoms in total. The molecule has 0 atom stereocenters. The Kier molecular flexibility index (Phi) is 3.84. The molecule has 2 aliphatic rings. The summed E-state index contributed by atoms with van der Waals surface area (Å²) in [5.74, 6) is 0. The molecular weight excluding hydrogens is 184 g/mol. The maximum Gasteiger partial charge on any atom is 0.112 e. The molecule has 0 saturated heterocycles. The van der Waals surface area contributed by atoms with Crippen LogP contribution in [0.2, 0.25) is 0 Å². The summed E-state index contributed by atoms with van der Waals surface area (Å²) in [4.78, 5) is 0. The summed E-state index contributed by atoms with van der Waals surface area (Å²) >= 11 is 0. The van der Waals surface area contributed by atoms with Gasteiger partial charge >= 0.3 is 0 Å². The summed E-state index contributed by atoms with van der Waals surface area (Å²) in [6.45, 7) is 0.726. The van der Waals surface area contributed by atoms with Crippen molar-refractivity contribution in [3.05, 3.63) is 47.8 Å². The molecule has 0 aliphatic heterocycles. The molecule has 1 heteroatoms. The van der Waals surface area contributed by atoms with E-state index in [-0.39, 0.29) is 0 Å². The summed E-state index contributed by atoms with van der Waals surface area (Å²) in [6.07, 6.45) is 18.8. The van der Waals surface area contributed by atoms with Gasteiger partial charge < -0.3 is 4.74 Å². The quantitative estimate of drug-likeness (QED) is 0.498. The van der Waals surface area contributed by atoms with Crippen molar-refractivity contribution < 1.29 is 4.74 Å². The minimum Gasteiger partial charge on any atom is -0.497 e. The monoisotopic (exact) mass is 202 g/mol. The first-order chi connectivity index (χ1) is 7.45. The van der Waals surface area contributed by atoms with Gasteiger partial charge in [0, 0.05) is 0 Å². The van der Waals surface area contributed by atoms with Gasteiger partial charge in [-0.15, -0.1) is 0 Å². The normalized spacial score (nSPS) is 22.9. The Labute approximate surface area is 91.8 Å². The lowest BCUT2D eigenvalue weighted by Crippen LogP contribution is -1.96. The maximum absolute atomic E-state index is 5.60. The van der Waals surface area contributed by atoms with Crippen LogP contribution in [0.3, 0.4) is 0 Å². The van der Waals surface area contributed by atoms with E-state index < -0.39 is 0 Å². The second kappa shape index (κ2) is 5.59. The van der Waals surface area contributed by atoms with Crippen LogP contribution in [-0.4, -0.2) is 6.61 Å². The van der Waals surface area contributed by atoms with E-state index in [0.717, 1.165) is 32.3 Å². The van der Waals surface area contributed by atoms with Gasteiger partial charge in [0.05, 0.1) is 6.26 Å². The van der Waals surface area contributed by atoms with Gasteiger partial charge in [-0.05, 0) is 43.3 Å². The number of hydrogen-bond acceptors (Lipinski definition) is 1. The molecule has 0 radical (unpaired) electrons. The minimum absolute atomic E-state index is 0.726. The van der Waals surface area contributed by atoms with E-state index in [0.29, 0.717) is 0 Å². The van der Waals surface area contributed by atoms with Crippen LogP contribution >= 0.6 is 0 Å². The Bertz CT molecular complexity index is 318. The largest absolute Gasteiger partial charge is 0.497 e. The fourth-order valence-corrected chi connectivity index (χ4v) is 1.86. The predicted molar refractivity (Wildman–Crippen MR) is 63.5 cm³/mol. The van der Waals surface area contributed by atoms with Gasteiger partial charge in [0.1, 0.15) is 6.61 Å². The van der Waals surface area contributed by atoms with Crippen molar-refractivity contribution in [2.24, 2.45) is 0 Å². The molecule has 2 aliphatic carbocycles. The highest BCUT2D eigenvalue weighted by molar-refractivity contribution is 5.22. The lowest BCUT2D eigenvalue weighted by Gasteiger charge is -2.10. The van der Waals surface area contributed by atoms with Crippen LogP contribution < -0.4 is 0 Å². The maximum atomic E-state index is 5.60. The average Bonchev–Trinajstić information content (AvgIpc) is 2.32. The Morgan fingerprint density at radius 2 is 2.13 bits per heavy atom. The lowest BCUT2D eigenvalue weighted by atomic mass is 10.0. The first-order valence-corrected chi connectivity index (χ1v) is 5.75. The average molecular weight is 202 g/mol. The summed E-state index contributed by atoms with van der Waals surface area (Å²) in [7, 11) is 0. The highest BCUT2D eigenvalue weighted by Crippen LogP contribution is 2.17. The summed E-state index contributed by atoms with van der Waals surface area (Å²) in [5, 5.41) is 0. The smallest absolute Gasteiger partial charge is 0.112 e. The summed E-state index contributed by atoms with van der Waals surface area (Å²) in [5.41, 5.74) is 2.72. The lowest BCUT2D eigenvalue weighted by molar-refractivity contribution is 0.277. The number of allylic oxidation sites excluding steroid dienone is 5. The SMILES string of the molecule is C1=CC(CO/C=C2/CC=CCC2)=CCC1. The predicted octanol–water partition coefficient (Wildman–Crippen LogP) is 3.90. The molecule has 0 N–H and O–H groups in total. The zero-order valence-corrected chi connectivity index (χ0v) is 9.11. The molecule has 0 spiro atoms. The standard InChI is InChI=1S/C14H18O/c1-3-7-13(8-4-1)11-15-12-14-9-5-2-6-10-14/h1,3,5,9-11H,2,4,6-8,12H2/b13-11-. The van der Waals surface area contributed by atoms with Crippen LogP contribution in [0.1, 0.15) is 32.1 Å². The molecule has 0 bridgehead atoms. The van der Waals surface area contributed by atoms with E-state index in [2.05, 4.69) is 30.4 Å². The summed E-state index contributed by atoms with van der Waals surface area (Å²) in [6, 6.07) is 0. The van der Waals surface area contributed by atoms with E-state index in [4.69, 9.17) is 4.74 Å². The minimum atomic E-state index is 0.726. The van der Waals surface area contributed by atoms with E-state index in [1.165, 1.54) is 17.6 Å². The molecule has 0 saturated carbocycles. The van der Waals surface area contributed by atoms with Gasteiger partial charge in [-0.1, -0.05) is 30.4 Å². The molecule has 0 aromatic carbocycles. The van der Waals surface area contributed by atoms with Crippen molar-refractivity contribution in [1.29, 1.82) is 0 Å². The fraction of sp³-hybridized carbons (Fsp3) is 0.429. The number of ether oxygens (including phenoxy) is 1. The second-order valence-electron chi connectivity index (χ2n) is 4.06. The van der Waals surface area contributed by atoms with Gasteiger partial charge in [0.2, 0.25) is 0 Å². The summed E-state index contributed by atoms with van der Waals surface area (Å²) < 4.78 is 5.60. The number of hydrogen-bond donors (Lipinski definition) is 0. The van der Waals surface area contributed by atoms with E-state index >= 15 is 0 Å². The fourth-order valence-electron chi connectivity index (χ4n) is 1.86. The zero-order valence-electron chi connectivity index (χ0n) is 9.11. The van der Waals surface area contributed by atoms with Gasteiger partial charge in [-0.2, -0.15) is 0 Å². The highest BCUT2D eigenvalue weighted by atomic mass is 16.5. The molecule has 0 amide bonds. The highest BCUT2D eigenvalue weighted by Gasteiger charge is 2.00. The van der Waals surface area contributed by atoms with E-state index in [1.807, 2.05) is 6.26 Å². The van der Waals surface area contributed by atoms with Gasteiger partial charge in [0.25, 0.3) is 0 Å². The molecule has 0 heterocycles. The Morgan fingerprint density at radius 1 is 1.13 bits per heavy atom. The van der Waals surface area contributed by atoms with Crippen molar-refractivity contribution in [2.75, 3.05) is 6.61 Å². The Balaban J connectivity index is 1.76. The second-order valence-corrected chi connectivity index (χ2v) is 4.06. The molecule has 80 valence electrons. The first-order valence-electron chi connectivity index (χ1n) is 5.75. The van der Waals surface area contributed by atoms with Gasteiger partial charge in [-0.25, -0.2) is 0 Å². The van der Waals surface area contributed by atoms with Gasteiger partial charge in [0.15, 0.2) is 0 Å². The Hall–Kier alpha value is -1.24. The third-order valence-corrected chi connectivity index (χ3v) is 2.75. The Morgan fingerprint density at radius 3 is 2.87 bits per heavy atom. The first kappa shape index (κ1) is 10.3. The van der Waals surface area contributed by atoms with Crippen molar-refractivity contribution >= 4 is 0 Å². The molecule has 0 unspecified atom stereocenters. The zero-order chi connectivity index (χ0) is 10.3. The van der Waals surface area contributed by atoms with Crippen LogP contribution in [0.5, 0.6) is 0 Å². The third kappa shape index (κ3) is 3.43. The molecule has 0 fully saturated rings.